The molecule has 0 saturated carbocycles. The van der Waals surface area contributed by atoms with Crippen LogP contribution < -0.4 is 5.32 Å². The van der Waals surface area contributed by atoms with Gasteiger partial charge in [0.1, 0.15) is 11.5 Å². The number of carbonyl (C=O) groups excluding carboxylic acids is 1. The highest BCUT2D eigenvalue weighted by Gasteiger charge is 2.19. The van der Waals surface area contributed by atoms with Crippen molar-refractivity contribution in [3.63, 3.8) is 0 Å². The van der Waals surface area contributed by atoms with Gasteiger partial charge in [0.25, 0.3) is 5.91 Å². The van der Waals surface area contributed by atoms with Gasteiger partial charge < -0.3 is 5.32 Å². The number of carbonyl (C=O) groups is 1. The van der Waals surface area contributed by atoms with Crippen molar-refractivity contribution in [1.82, 2.24) is 24.1 Å². The third-order valence-electron chi connectivity index (χ3n) is 5.18. The molecule has 0 spiro atoms. The average molecular weight is 448 g/mol. The second-order valence-electron chi connectivity index (χ2n) is 6.95. The number of rotatable bonds is 7. The fourth-order valence-electron chi connectivity index (χ4n) is 3.60. The highest BCUT2D eigenvalue weighted by molar-refractivity contribution is 7.97. The Morgan fingerprint density at radius 3 is 2.72 bits per heavy atom. The molecule has 0 aliphatic carbocycles. The van der Waals surface area contributed by atoms with E-state index < -0.39 is 0 Å². The first-order valence-corrected chi connectivity index (χ1v) is 11.2. The topological polar surface area (TPSA) is 64.7 Å². The van der Waals surface area contributed by atoms with Gasteiger partial charge in [-0.05, 0) is 66.9 Å². The molecule has 0 saturated heterocycles. The minimum atomic E-state index is -0.326. The lowest BCUT2D eigenvalue weighted by Crippen LogP contribution is -2.24. The van der Waals surface area contributed by atoms with Gasteiger partial charge in [-0.15, -0.1) is 0 Å². The summed E-state index contributed by atoms with van der Waals surface area (Å²) < 4.78 is 16.9. The van der Waals surface area contributed by atoms with Crippen LogP contribution in [0.3, 0.4) is 0 Å². The predicted molar refractivity (Wildman–Crippen MR) is 128 cm³/mol. The summed E-state index contributed by atoms with van der Waals surface area (Å²) in [6, 6.07) is 9.90. The van der Waals surface area contributed by atoms with Crippen molar-refractivity contribution in [3.8, 4) is 5.69 Å². The van der Waals surface area contributed by atoms with Gasteiger partial charge in [-0.1, -0.05) is 12.7 Å². The maximum absolute atomic E-state index is 13.3. The number of benzene rings is 1. The van der Waals surface area contributed by atoms with Crippen LogP contribution in [-0.4, -0.2) is 30.9 Å². The largest absolute Gasteiger partial charge is 0.348 e. The Balaban J connectivity index is 1.58. The van der Waals surface area contributed by atoms with Gasteiger partial charge in [0.05, 0.1) is 17.6 Å². The summed E-state index contributed by atoms with van der Waals surface area (Å²) in [5, 5.41) is 8.40. The van der Waals surface area contributed by atoms with Crippen molar-refractivity contribution in [3.05, 3.63) is 90.3 Å². The molecule has 0 aliphatic rings. The molecule has 162 valence electrons. The van der Waals surface area contributed by atoms with E-state index in [0.29, 0.717) is 29.1 Å². The molecule has 3 aromatic heterocycles. The van der Waals surface area contributed by atoms with Gasteiger partial charge in [-0.3, -0.25) is 8.77 Å². The molecule has 8 heteroatoms. The Kier molecular flexibility index (Phi) is 6.23. The molecule has 4 aromatic rings. The molecular formula is C24H22FN5OS. The van der Waals surface area contributed by atoms with E-state index in [0.717, 1.165) is 16.6 Å². The van der Waals surface area contributed by atoms with Crippen LogP contribution in [0, 0.1) is 5.82 Å². The zero-order valence-corrected chi connectivity index (χ0v) is 18.6. The monoisotopic (exact) mass is 447 g/mol. The summed E-state index contributed by atoms with van der Waals surface area (Å²) in [6.07, 6.45) is 10.7. The van der Waals surface area contributed by atoms with Crippen molar-refractivity contribution < 1.29 is 9.18 Å². The number of nitrogens with one attached hydrogen (secondary N) is 1. The number of fused-ring (bicyclic) bond motifs is 1. The van der Waals surface area contributed by atoms with Crippen molar-refractivity contribution in [1.29, 1.82) is 0 Å². The number of aromatic nitrogens is 4. The summed E-state index contributed by atoms with van der Waals surface area (Å²) in [6.45, 7) is 6.05. The molecule has 1 N–H and O–H groups in total. The lowest BCUT2D eigenvalue weighted by molar-refractivity contribution is -0.115. The molecule has 0 aliphatic heterocycles. The number of hydrogen-bond donors (Lipinski definition) is 1. The molecule has 3 heterocycles. The maximum atomic E-state index is 13.3. The summed E-state index contributed by atoms with van der Waals surface area (Å²) in [5.41, 5.74) is 4.32. The number of pyridine rings is 1. The van der Waals surface area contributed by atoms with Gasteiger partial charge in [0.2, 0.25) is 0 Å². The van der Waals surface area contributed by atoms with Crippen molar-refractivity contribution in [2.45, 2.75) is 13.5 Å². The third-order valence-corrected chi connectivity index (χ3v) is 5.86. The summed E-state index contributed by atoms with van der Waals surface area (Å²) in [5.74, 6) is -0.545. The fraction of sp³-hybridized carbons (Fsp3) is 0.125. The first-order valence-electron chi connectivity index (χ1n) is 9.98. The van der Waals surface area contributed by atoms with E-state index in [1.807, 2.05) is 28.6 Å². The number of nitrogens with zero attached hydrogens (tertiary/aromatic N) is 4. The molecule has 0 radical (unpaired) electrons. The van der Waals surface area contributed by atoms with Crippen LogP contribution in [0.2, 0.25) is 0 Å². The van der Waals surface area contributed by atoms with E-state index in [9.17, 15) is 9.18 Å². The molecule has 0 bridgehead atoms. The number of allylic oxidation sites excluding steroid dienone is 1. The summed E-state index contributed by atoms with van der Waals surface area (Å²) in [4.78, 5) is 17.5. The van der Waals surface area contributed by atoms with E-state index in [4.69, 9.17) is 0 Å². The van der Waals surface area contributed by atoms with Crippen LogP contribution in [0.5, 0.6) is 0 Å². The molecule has 0 unspecified atom stereocenters. The molecule has 1 aromatic carbocycles. The minimum absolute atomic E-state index is 0.219. The Hall–Kier alpha value is -3.65. The van der Waals surface area contributed by atoms with Gasteiger partial charge in [-0.2, -0.15) is 5.10 Å². The standard InChI is InChI=1S/C24H22FN5OS/c1-4-19(21-15-28-30(22(21)5-2)18-8-6-17(25)7-9-18)24(31)27-14-16-10-12-26-23-20(16)11-13-29(23)32-3/h4-13,15H,2,14H2,1,3H3,(H,27,31)/b19-4+. The van der Waals surface area contributed by atoms with Gasteiger partial charge >= 0.3 is 0 Å². The van der Waals surface area contributed by atoms with Crippen LogP contribution in [0.25, 0.3) is 28.4 Å². The van der Waals surface area contributed by atoms with Crippen LogP contribution in [0.1, 0.15) is 23.7 Å². The maximum Gasteiger partial charge on any atom is 0.251 e. The molecule has 0 fully saturated rings. The lowest BCUT2D eigenvalue weighted by Gasteiger charge is -2.11. The van der Waals surface area contributed by atoms with Crippen LogP contribution in [0.15, 0.2) is 67.6 Å². The summed E-state index contributed by atoms with van der Waals surface area (Å²) in [7, 11) is 0. The summed E-state index contributed by atoms with van der Waals surface area (Å²) >= 11 is 1.57. The molecular weight excluding hydrogens is 425 g/mol. The van der Waals surface area contributed by atoms with Gasteiger partial charge in [-0.25, -0.2) is 14.1 Å². The van der Waals surface area contributed by atoms with E-state index >= 15 is 0 Å². The second-order valence-corrected chi connectivity index (χ2v) is 7.71. The fourth-order valence-corrected chi connectivity index (χ4v) is 4.10. The third kappa shape index (κ3) is 3.97. The second kappa shape index (κ2) is 9.23. The van der Waals surface area contributed by atoms with Crippen molar-refractivity contribution in [2.75, 3.05) is 6.26 Å². The lowest BCUT2D eigenvalue weighted by atomic mass is 10.0. The van der Waals surface area contributed by atoms with Crippen molar-refractivity contribution in [2.24, 2.45) is 0 Å². The zero-order valence-electron chi connectivity index (χ0n) is 17.7. The number of amides is 1. The Morgan fingerprint density at radius 2 is 2.03 bits per heavy atom. The SMILES string of the molecule is C=Cc1c(/C(=C\C)C(=O)NCc2ccnc3c2ccn3SC)cnn1-c1ccc(F)cc1. The van der Waals surface area contributed by atoms with E-state index in [1.54, 1.807) is 60.2 Å². The van der Waals surface area contributed by atoms with Gasteiger partial charge in [0, 0.05) is 41.7 Å². The van der Waals surface area contributed by atoms with Gasteiger partial charge in [0.15, 0.2) is 0 Å². The highest BCUT2D eigenvalue weighted by Crippen LogP contribution is 2.25. The minimum Gasteiger partial charge on any atom is -0.348 e. The first-order chi connectivity index (χ1) is 15.6. The highest BCUT2D eigenvalue weighted by atomic mass is 32.2. The normalized spacial score (nSPS) is 11.7. The average Bonchev–Trinajstić information content (AvgIpc) is 3.43. The van der Waals surface area contributed by atoms with E-state index in [1.165, 1.54) is 12.1 Å². The molecule has 6 nitrogen and oxygen atoms in total. The van der Waals surface area contributed by atoms with Crippen LogP contribution >= 0.6 is 11.9 Å². The quantitative estimate of drug-likeness (QED) is 0.412. The Labute approximate surface area is 189 Å². The Morgan fingerprint density at radius 1 is 1.25 bits per heavy atom. The van der Waals surface area contributed by atoms with E-state index in [-0.39, 0.29) is 11.7 Å². The predicted octanol–water partition coefficient (Wildman–Crippen LogP) is 4.85. The Bertz CT molecular complexity index is 1320. The van der Waals surface area contributed by atoms with Crippen LogP contribution in [-0.2, 0) is 11.3 Å². The first kappa shape index (κ1) is 21.6. The van der Waals surface area contributed by atoms with E-state index in [2.05, 4.69) is 22.0 Å². The number of hydrogen-bond acceptors (Lipinski definition) is 4. The molecule has 1 amide bonds. The smallest absolute Gasteiger partial charge is 0.251 e. The molecule has 0 atom stereocenters. The number of halogens is 1. The molecule has 4 rings (SSSR count). The van der Waals surface area contributed by atoms with Crippen molar-refractivity contribution >= 4 is 40.5 Å². The molecule has 32 heavy (non-hydrogen) atoms. The zero-order chi connectivity index (χ0) is 22.7. The van der Waals surface area contributed by atoms with Crippen LogP contribution in [0.4, 0.5) is 4.39 Å².